The number of nitrogens with zero attached hydrogens (tertiary/aromatic N) is 2. The molecule has 70 valence electrons. The minimum absolute atomic E-state index is 0.585. The van der Waals surface area contributed by atoms with Gasteiger partial charge in [-0.15, -0.1) is 0 Å². The monoisotopic (exact) mass is 168 g/mol. The van der Waals surface area contributed by atoms with Crippen LogP contribution in [0.25, 0.3) is 0 Å². The topological polar surface area (TPSA) is 15.6 Å². The van der Waals surface area contributed by atoms with Gasteiger partial charge in [0.2, 0.25) is 0 Å². The van der Waals surface area contributed by atoms with Gasteiger partial charge >= 0.3 is 0 Å². The van der Waals surface area contributed by atoms with E-state index >= 15 is 0 Å². The summed E-state index contributed by atoms with van der Waals surface area (Å²) in [5, 5.41) is 0. The summed E-state index contributed by atoms with van der Waals surface area (Å²) in [6.07, 6.45) is 1.21. The average Bonchev–Trinajstić information content (AvgIpc) is 2.50. The van der Waals surface area contributed by atoms with E-state index in [1.165, 1.54) is 12.3 Å². The van der Waals surface area contributed by atoms with E-state index < -0.39 is 0 Å². The maximum atomic E-state index is 4.53. The Kier molecular flexibility index (Phi) is 3.12. The molecule has 0 saturated heterocycles. The molecule has 0 saturated carbocycles. The van der Waals surface area contributed by atoms with Crippen LogP contribution in [0.15, 0.2) is 4.99 Å². The molecule has 0 aromatic heterocycles. The second-order valence-corrected chi connectivity index (χ2v) is 3.85. The largest absolute Gasteiger partial charge is 0.356 e. The van der Waals surface area contributed by atoms with Crippen LogP contribution in [0.3, 0.4) is 0 Å². The molecule has 0 aromatic rings. The molecular weight excluding hydrogens is 148 g/mol. The molecule has 0 spiro atoms. The summed E-state index contributed by atoms with van der Waals surface area (Å²) in [7, 11) is 0. The molecule has 1 unspecified atom stereocenters. The lowest BCUT2D eigenvalue weighted by Crippen LogP contribution is -2.38. The Morgan fingerprint density at radius 3 is 2.58 bits per heavy atom. The van der Waals surface area contributed by atoms with E-state index in [2.05, 4.69) is 37.6 Å². The molecule has 0 amide bonds. The Labute approximate surface area is 75.7 Å². The summed E-state index contributed by atoms with van der Waals surface area (Å²) in [5.74, 6) is 1.89. The first-order valence-electron chi connectivity index (χ1n) is 4.97. The van der Waals surface area contributed by atoms with Crippen molar-refractivity contribution in [1.82, 2.24) is 4.90 Å². The minimum atomic E-state index is 0.585. The molecule has 0 bridgehead atoms. The van der Waals surface area contributed by atoms with Gasteiger partial charge < -0.3 is 4.90 Å². The van der Waals surface area contributed by atoms with Crippen LogP contribution in [0.4, 0.5) is 0 Å². The molecule has 0 fully saturated rings. The van der Waals surface area contributed by atoms with Gasteiger partial charge in [-0.3, -0.25) is 4.99 Å². The number of rotatable bonds is 3. The van der Waals surface area contributed by atoms with E-state index in [4.69, 9.17) is 0 Å². The Morgan fingerprint density at radius 1 is 1.42 bits per heavy atom. The molecule has 0 aliphatic carbocycles. The van der Waals surface area contributed by atoms with E-state index in [1.54, 1.807) is 0 Å². The van der Waals surface area contributed by atoms with E-state index in [9.17, 15) is 0 Å². The zero-order chi connectivity index (χ0) is 9.14. The summed E-state index contributed by atoms with van der Waals surface area (Å²) < 4.78 is 0. The van der Waals surface area contributed by atoms with E-state index in [-0.39, 0.29) is 0 Å². The lowest BCUT2D eigenvalue weighted by atomic mass is 10.1. The highest BCUT2D eigenvalue weighted by Gasteiger charge is 2.22. The van der Waals surface area contributed by atoms with Crippen molar-refractivity contribution < 1.29 is 0 Å². The molecule has 1 rings (SSSR count). The van der Waals surface area contributed by atoms with Gasteiger partial charge in [-0.1, -0.05) is 20.8 Å². The average molecular weight is 168 g/mol. The molecule has 0 aromatic carbocycles. The fourth-order valence-corrected chi connectivity index (χ4v) is 1.66. The van der Waals surface area contributed by atoms with Crippen LogP contribution in [-0.2, 0) is 0 Å². The third kappa shape index (κ3) is 1.79. The van der Waals surface area contributed by atoms with Gasteiger partial charge in [0.05, 0.1) is 6.54 Å². The minimum Gasteiger partial charge on any atom is -0.356 e. The standard InChI is InChI=1S/C10H20N2/c1-5-9(4)12-7-6-11-10(12)8(2)3/h8-9H,5-7H2,1-4H3. The molecule has 1 aliphatic heterocycles. The molecule has 2 heteroatoms. The quantitative estimate of drug-likeness (QED) is 0.630. The Hall–Kier alpha value is -0.530. The van der Waals surface area contributed by atoms with E-state index in [0.29, 0.717) is 12.0 Å². The van der Waals surface area contributed by atoms with Crippen LogP contribution in [-0.4, -0.2) is 29.9 Å². The molecule has 12 heavy (non-hydrogen) atoms. The second kappa shape index (κ2) is 3.92. The van der Waals surface area contributed by atoms with Crippen LogP contribution in [0.5, 0.6) is 0 Å². The Bertz CT molecular complexity index is 173. The van der Waals surface area contributed by atoms with Crippen molar-refractivity contribution in [2.24, 2.45) is 10.9 Å². The lowest BCUT2D eigenvalue weighted by Gasteiger charge is -2.28. The maximum absolute atomic E-state index is 4.53. The SMILES string of the molecule is CCC(C)N1CCN=C1C(C)C. The first kappa shape index (κ1) is 9.56. The van der Waals surface area contributed by atoms with Crippen molar-refractivity contribution >= 4 is 5.84 Å². The Balaban J connectivity index is 2.61. The predicted octanol–water partition coefficient (Wildman–Crippen LogP) is 2.16. The number of hydrogen-bond donors (Lipinski definition) is 0. The zero-order valence-corrected chi connectivity index (χ0v) is 8.67. The summed E-state index contributed by atoms with van der Waals surface area (Å²) in [4.78, 5) is 6.98. The fraction of sp³-hybridized carbons (Fsp3) is 0.900. The van der Waals surface area contributed by atoms with Crippen molar-refractivity contribution in [1.29, 1.82) is 0 Å². The highest BCUT2D eigenvalue weighted by Crippen LogP contribution is 2.14. The summed E-state index contributed by atoms with van der Waals surface area (Å²) in [5.41, 5.74) is 0. The summed E-state index contributed by atoms with van der Waals surface area (Å²) in [6.45, 7) is 11.1. The summed E-state index contributed by atoms with van der Waals surface area (Å²) >= 11 is 0. The van der Waals surface area contributed by atoms with Crippen molar-refractivity contribution in [3.05, 3.63) is 0 Å². The van der Waals surface area contributed by atoms with Gasteiger partial charge in [-0.05, 0) is 13.3 Å². The van der Waals surface area contributed by atoms with Crippen LogP contribution < -0.4 is 0 Å². The van der Waals surface area contributed by atoms with E-state index in [1.807, 2.05) is 0 Å². The van der Waals surface area contributed by atoms with Gasteiger partial charge in [-0.2, -0.15) is 0 Å². The number of hydrogen-bond acceptors (Lipinski definition) is 2. The molecular formula is C10H20N2. The van der Waals surface area contributed by atoms with Crippen molar-refractivity contribution in [3.63, 3.8) is 0 Å². The molecule has 2 nitrogen and oxygen atoms in total. The van der Waals surface area contributed by atoms with Gasteiger partial charge in [0, 0.05) is 18.5 Å². The van der Waals surface area contributed by atoms with Crippen LogP contribution in [0.1, 0.15) is 34.1 Å². The van der Waals surface area contributed by atoms with Crippen molar-refractivity contribution in [2.75, 3.05) is 13.1 Å². The number of amidine groups is 1. The van der Waals surface area contributed by atoms with Gasteiger partial charge in [0.25, 0.3) is 0 Å². The first-order chi connectivity index (χ1) is 5.66. The van der Waals surface area contributed by atoms with Gasteiger partial charge in [0.15, 0.2) is 0 Å². The number of aliphatic imine (C=N–C) groups is 1. The summed E-state index contributed by atoms with van der Waals surface area (Å²) in [6, 6.07) is 0.661. The third-order valence-corrected chi connectivity index (χ3v) is 2.55. The Morgan fingerprint density at radius 2 is 2.08 bits per heavy atom. The zero-order valence-electron chi connectivity index (χ0n) is 8.67. The van der Waals surface area contributed by atoms with Gasteiger partial charge in [-0.25, -0.2) is 0 Å². The molecule has 0 N–H and O–H groups in total. The highest BCUT2D eigenvalue weighted by molar-refractivity contribution is 5.85. The molecule has 0 radical (unpaired) electrons. The van der Waals surface area contributed by atoms with Crippen LogP contribution in [0, 0.1) is 5.92 Å². The first-order valence-corrected chi connectivity index (χ1v) is 4.97. The smallest absolute Gasteiger partial charge is 0.102 e. The molecule has 1 heterocycles. The van der Waals surface area contributed by atoms with E-state index in [0.717, 1.165) is 13.1 Å². The lowest BCUT2D eigenvalue weighted by molar-refractivity contribution is 0.337. The maximum Gasteiger partial charge on any atom is 0.102 e. The van der Waals surface area contributed by atoms with Crippen LogP contribution >= 0.6 is 0 Å². The highest BCUT2D eigenvalue weighted by atomic mass is 15.3. The van der Waals surface area contributed by atoms with Crippen LogP contribution in [0.2, 0.25) is 0 Å². The van der Waals surface area contributed by atoms with Gasteiger partial charge in [0.1, 0.15) is 5.84 Å². The van der Waals surface area contributed by atoms with Crippen molar-refractivity contribution in [2.45, 2.75) is 40.2 Å². The van der Waals surface area contributed by atoms with Crippen molar-refractivity contribution in [3.8, 4) is 0 Å². The second-order valence-electron chi connectivity index (χ2n) is 3.85. The normalized spacial score (nSPS) is 20.1. The predicted molar refractivity (Wildman–Crippen MR) is 53.6 cm³/mol. The third-order valence-electron chi connectivity index (χ3n) is 2.55. The molecule has 1 atom stereocenters. The molecule has 1 aliphatic rings. The fourth-order valence-electron chi connectivity index (χ4n) is 1.66.